The summed E-state index contributed by atoms with van der Waals surface area (Å²) in [5, 5.41) is 10.8. The first kappa shape index (κ1) is 15.1. The molecule has 1 aliphatic rings. The summed E-state index contributed by atoms with van der Waals surface area (Å²) in [6.07, 6.45) is 3.38. The Labute approximate surface area is 144 Å². The Balaban J connectivity index is 1.61. The van der Waals surface area contributed by atoms with Gasteiger partial charge in [0.2, 0.25) is 0 Å². The highest BCUT2D eigenvalue weighted by Crippen LogP contribution is 2.35. The van der Waals surface area contributed by atoms with Gasteiger partial charge in [0.1, 0.15) is 0 Å². The molecule has 0 bridgehead atoms. The van der Waals surface area contributed by atoms with E-state index >= 15 is 0 Å². The predicted octanol–water partition coefficient (Wildman–Crippen LogP) is 3.48. The van der Waals surface area contributed by atoms with Crippen molar-refractivity contribution in [2.24, 2.45) is 0 Å². The normalized spacial score (nSPS) is 16.9. The Bertz CT molecular complexity index is 855. The van der Waals surface area contributed by atoms with Crippen molar-refractivity contribution in [3.63, 3.8) is 0 Å². The Hall–Kier alpha value is -2.47. The average Bonchev–Trinajstić information content (AvgIpc) is 3.30. The molecule has 0 fully saturated rings. The Kier molecular flexibility index (Phi) is 3.90. The number of hydrogen-bond donors (Lipinski definition) is 0. The maximum atomic E-state index is 13.0. The molecule has 122 valence electrons. The number of para-hydroxylation sites is 1. The fourth-order valence-corrected chi connectivity index (χ4v) is 4.20. The van der Waals surface area contributed by atoms with Crippen LogP contribution in [-0.2, 0) is 6.42 Å². The van der Waals surface area contributed by atoms with Crippen LogP contribution in [0.5, 0.6) is 0 Å². The number of carbonyl (C=O) groups excluding carboxylic acids is 1. The lowest BCUT2D eigenvalue weighted by Gasteiger charge is -2.34. The molecule has 0 spiro atoms. The SMILES string of the molecule is CCC1c2ccsc2CCN1C(=O)c1cnn(-c2ccccc2)n1. The highest BCUT2D eigenvalue weighted by Gasteiger charge is 2.32. The summed E-state index contributed by atoms with van der Waals surface area (Å²) in [5.74, 6) is -0.0409. The molecule has 5 nitrogen and oxygen atoms in total. The smallest absolute Gasteiger partial charge is 0.276 e. The minimum absolute atomic E-state index is 0.0409. The molecule has 0 aliphatic carbocycles. The third kappa shape index (κ3) is 2.53. The second kappa shape index (κ2) is 6.20. The summed E-state index contributed by atoms with van der Waals surface area (Å²) < 4.78 is 0. The second-order valence-corrected chi connectivity index (χ2v) is 6.83. The Morgan fingerprint density at radius 1 is 1.29 bits per heavy atom. The van der Waals surface area contributed by atoms with Crippen molar-refractivity contribution in [2.45, 2.75) is 25.8 Å². The average molecular weight is 338 g/mol. The first-order valence-electron chi connectivity index (χ1n) is 8.13. The minimum Gasteiger partial charge on any atom is -0.330 e. The molecule has 0 saturated carbocycles. The van der Waals surface area contributed by atoms with Crippen LogP contribution < -0.4 is 0 Å². The molecule has 4 rings (SSSR count). The topological polar surface area (TPSA) is 51.0 Å². The Morgan fingerprint density at radius 3 is 2.92 bits per heavy atom. The molecule has 2 aromatic heterocycles. The zero-order valence-corrected chi connectivity index (χ0v) is 14.2. The van der Waals surface area contributed by atoms with Crippen LogP contribution in [0.4, 0.5) is 0 Å². The third-order valence-corrected chi connectivity index (χ3v) is 5.44. The largest absolute Gasteiger partial charge is 0.330 e. The van der Waals surface area contributed by atoms with Gasteiger partial charge in [-0.2, -0.15) is 9.90 Å². The van der Waals surface area contributed by atoms with Gasteiger partial charge in [-0.15, -0.1) is 16.4 Å². The van der Waals surface area contributed by atoms with Crippen molar-refractivity contribution in [1.29, 1.82) is 0 Å². The first-order chi connectivity index (χ1) is 11.8. The van der Waals surface area contributed by atoms with Gasteiger partial charge in [0.25, 0.3) is 5.91 Å². The van der Waals surface area contributed by atoms with Crippen molar-refractivity contribution >= 4 is 17.2 Å². The monoisotopic (exact) mass is 338 g/mol. The predicted molar refractivity (Wildman–Crippen MR) is 93.5 cm³/mol. The Morgan fingerprint density at radius 2 is 2.12 bits per heavy atom. The number of benzene rings is 1. The van der Waals surface area contributed by atoms with E-state index in [1.54, 1.807) is 17.5 Å². The van der Waals surface area contributed by atoms with E-state index in [-0.39, 0.29) is 11.9 Å². The summed E-state index contributed by atoms with van der Waals surface area (Å²) in [7, 11) is 0. The molecule has 1 aromatic carbocycles. The fourth-order valence-electron chi connectivity index (χ4n) is 3.27. The number of aromatic nitrogens is 3. The molecule has 3 aromatic rings. The molecule has 1 amide bonds. The molecule has 0 radical (unpaired) electrons. The van der Waals surface area contributed by atoms with Gasteiger partial charge >= 0.3 is 0 Å². The van der Waals surface area contributed by atoms with Crippen LogP contribution in [0.25, 0.3) is 5.69 Å². The number of amides is 1. The van der Waals surface area contributed by atoms with Crippen molar-refractivity contribution < 1.29 is 4.79 Å². The van der Waals surface area contributed by atoms with Gasteiger partial charge in [0.15, 0.2) is 5.69 Å². The minimum atomic E-state index is -0.0409. The highest BCUT2D eigenvalue weighted by atomic mass is 32.1. The standard InChI is InChI=1S/C18H18N4OS/c1-2-16-14-9-11-24-17(14)8-10-21(16)18(23)15-12-19-22(20-15)13-6-4-3-5-7-13/h3-7,9,11-12,16H,2,8,10H2,1H3. The van der Waals surface area contributed by atoms with E-state index in [9.17, 15) is 4.79 Å². The zero-order chi connectivity index (χ0) is 16.5. The molecular formula is C18H18N4OS. The van der Waals surface area contributed by atoms with Gasteiger partial charge in [0, 0.05) is 11.4 Å². The van der Waals surface area contributed by atoms with E-state index in [2.05, 4.69) is 28.6 Å². The number of nitrogens with zero attached hydrogens (tertiary/aromatic N) is 4. The molecule has 0 saturated heterocycles. The van der Waals surface area contributed by atoms with Crippen molar-refractivity contribution in [1.82, 2.24) is 19.9 Å². The van der Waals surface area contributed by atoms with Crippen LogP contribution in [-0.4, -0.2) is 32.3 Å². The second-order valence-electron chi connectivity index (χ2n) is 5.83. The molecule has 24 heavy (non-hydrogen) atoms. The lowest BCUT2D eigenvalue weighted by Crippen LogP contribution is -2.39. The van der Waals surface area contributed by atoms with Gasteiger partial charge < -0.3 is 4.90 Å². The summed E-state index contributed by atoms with van der Waals surface area (Å²) in [5.41, 5.74) is 2.54. The number of carbonyl (C=O) groups is 1. The van der Waals surface area contributed by atoms with Gasteiger partial charge in [0.05, 0.1) is 17.9 Å². The maximum Gasteiger partial charge on any atom is 0.276 e. The van der Waals surface area contributed by atoms with Gasteiger partial charge in [-0.25, -0.2) is 0 Å². The summed E-state index contributed by atoms with van der Waals surface area (Å²) >= 11 is 1.79. The van der Waals surface area contributed by atoms with E-state index < -0.39 is 0 Å². The molecule has 1 aliphatic heterocycles. The van der Waals surface area contributed by atoms with Crippen LogP contribution in [0.1, 0.15) is 40.3 Å². The summed E-state index contributed by atoms with van der Waals surface area (Å²) in [4.78, 5) is 17.8. The van der Waals surface area contributed by atoms with Gasteiger partial charge in [-0.05, 0) is 42.0 Å². The van der Waals surface area contributed by atoms with Crippen LogP contribution in [0.2, 0.25) is 0 Å². The van der Waals surface area contributed by atoms with Crippen molar-refractivity contribution in [3.05, 3.63) is 64.1 Å². The number of fused-ring (bicyclic) bond motifs is 1. The van der Waals surface area contributed by atoms with Crippen LogP contribution in [0, 0.1) is 0 Å². The van der Waals surface area contributed by atoms with Crippen molar-refractivity contribution in [2.75, 3.05) is 6.54 Å². The summed E-state index contributed by atoms with van der Waals surface area (Å²) in [6, 6.07) is 11.9. The van der Waals surface area contributed by atoms with E-state index in [4.69, 9.17) is 0 Å². The quantitative estimate of drug-likeness (QED) is 0.735. The number of rotatable bonds is 3. The molecule has 0 N–H and O–H groups in total. The molecule has 3 heterocycles. The lowest BCUT2D eigenvalue weighted by molar-refractivity contribution is 0.0651. The number of thiophene rings is 1. The van der Waals surface area contributed by atoms with Gasteiger partial charge in [-0.3, -0.25) is 4.79 Å². The third-order valence-electron chi connectivity index (χ3n) is 4.44. The molecular weight excluding hydrogens is 320 g/mol. The molecule has 1 atom stereocenters. The fraction of sp³-hybridized carbons (Fsp3) is 0.278. The van der Waals surface area contributed by atoms with Crippen molar-refractivity contribution in [3.8, 4) is 5.69 Å². The van der Waals surface area contributed by atoms with Crippen LogP contribution in [0.3, 0.4) is 0 Å². The molecule has 6 heteroatoms. The van der Waals surface area contributed by atoms with E-state index in [0.717, 1.165) is 25.1 Å². The maximum absolute atomic E-state index is 13.0. The van der Waals surface area contributed by atoms with E-state index in [0.29, 0.717) is 5.69 Å². The summed E-state index contributed by atoms with van der Waals surface area (Å²) in [6.45, 7) is 2.86. The van der Waals surface area contributed by atoms with E-state index in [1.165, 1.54) is 15.2 Å². The first-order valence-corrected chi connectivity index (χ1v) is 9.01. The lowest BCUT2D eigenvalue weighted by atomic mass is 9.97. The molecule has 1 unspecified atom stereocenters. The number of hydrogen-bond acceptors (Lipinski definition) is 4. The highest BCUT2D eigenvalue weighted by molar-refractivity contribution is 7.10. The van der Waals surface area contributed by atoms with Crippen LogP contribution >= 0.6 is 11.3 Å². The zero-order valence-electron chi connectivity index (χ0n) is 13.4. The van der Waals surface area contributed by atoms with Crippen LogP contribution in [0.15, 0.2) is 48.0 Å². The van der Waals surface area contributed by atoms with E-state index in [1.807, 2.05) is 35.2 Å². The van der Waals surface area contributed by atoms with Gasteiger partial charge in [-0.1, -0.05) is 25.1 Å².